The molecule has 26 heavy (non-hydrogen) atoms. The number of carbonyl (C=O) groups is 1. The van der Waals surface area contributed by atoms with Gasteiger partial charge >= 0.3 is 6.03 Å². The number of urea groups is 1. The molecule has 0 aliphatic carbocycles. The first kappa shape index (κ1) is 16.6. The lowest BCUT2D eigenvalue weighted by Gasteiger charge is -2.43. The van der Waals surface area contributed by atoms with Crippen molar-refractivity contribution >= 4 is 17.8 Å². The number of pyridine rings is 1. The number of likely N-dealkylation sites (tertiary alicyclic amines) is 1. The van der Waals surface area contributed by atoms with E-state index in [1.807, 2.05) is 58.9 Å². The Hall–Kier alpha value is -2.82. The number of allylic oxidation sites excluding steroid dienone is 1. The van der Waals surface area contributed by atoms with E-state index in [0.29, 0.717) is 25.6 Å². The summed E-state index contributed by atoms with van der Waals surface area (Å²) < 4.78 is 1.92. The molecule has 0 radical (unpaired) electrons. The molecule has 5 heteroatoms. The summed E-state index contributed by atoms with van der Waals surface area (Å²) in [6.07, 6.45) is 5.08. The van der Waals surface area contributed by atoms with Gasteiger partial charge < -0.3 is 14.8 Å². The fourth-order valence-corrected chi connectivity index (χ4v) is 4.26. The first-order valence-electron chi connectivity index (χ1n) is 9.13. The molecule has 2 aliphatic rings. The molecule has 2 bridgehead atoms. The number of anilines is 1. The van der Waals surface area contributed by atoms with E-state index in [9.17, 15) is 9.59 Å². The summed E-state index contributed by atoms with van der Waals surface area (Å²) in [5.41, 5.74) is 3.02. The molecule has 0 spiro atoms. The molecule has 1 fully saturated rings. The van der Waals surface area contributed by atoms with Crippen LogP contribution in [0, 0.1) is 5.92 Å². The monoisotopic (exact) mass is 349 g/mol. The van der Waals surface area contributed by atoms with Gasteiger partial charge in [-0.3, -0.25) is 4.79 Å². The van der Waals surface area contributed by atoms with Crippen LogP contribution in [0.15, 0.2) is 53.3 Å². The van der Waals surface area contributed by atoms with Crippen LogP contribution in [0.2, 0.25) is 0 Å². The fourth-order valence-electron chi connectivity index (χ4n) is 4.26. The molecule has 4 rings (SSSR count). The number of hydrogen-bond acceptors (Lipinski definition) is 2. The van der Waals surface area contributed by atoms with Crippen molar-refractivity contribution in [3.05, 3.63) is 70.2 Å². The van der Waals surface area contributed by atoms with Crippen LogP contribution in [0.4, 0.5) is 10.5 Å². The lowest BCUT2D eigenvalue weighted by Crippen LogP contribution is -2.50. The zero-order chi connectivity index (χ0) is 18.1. The third-order valence-corrected chi connectivity index (χ3v) is 5.28. The normalized spacial score (nSPS) is 21.5. The minimum atomic E-state index is -0.0646. The van der Waals surface area contributed by atoms with E-state index in [1.165, 1.54) is 0 Å². The highest BCUT2D eigenvalue weighted by Crippen LogP contribution is 2.37. The highest BCUT2D eigenvalue weighted by Gasteiger charge is 2.37. The molecular formula is C21H23N3O2. The summed E-state index contributed by atoms with van der Waals surface area (Å²) in [6.45, 7) is 4.00. The summed E-state index contributed by atoms with van der Waals surface area (Å²) >= 11 is 0. The second-order valence-electron chi connectivity index (χ2n) is 7.12. The smallest absolute Gasteiger partial charge is 0.321 e. The number of nitrogens with zero attached hydrogens (tertiary/aromatic N) is 2. The predicted octanol–water partition coefficient (Wildman–Crippen LogP) is 3.53. The van der Waals surface area contributed by atoms with Crippen molar-refractivity contribution in [1.29, 1.82) is 0 Å². The molecule has 134 valence electrons. The van der Waals surface area contributed by atoms with Crippen molar-refractivity contribution < 1.29 is 4.79 Å². The fraction of sp³-hybridized carbons (Fsp3) is 0.333. The van der Waals surface area contributed by atoms with Crippen LogP contribution in [-0.2, 0) is 6.54 Å². The van der Waals surface area contributed by atoms with E-state index in [2.05, 4.69) is 11.4 Å². The van der Waals surface area contributed by atoms with Crippen LogP contribution in [0.25, 0.3) is 6.08 Å². The number of carbonyl (C=O) groups excluding carboxylic acids is 1. The van der Waals surface area contributed by atoms with Gasteiger partial charge in [0.05, 0.1) is 0 Å². The molecule has 5 nitrogen and oxygen atoms in total. The summed E-state index contributed by atoms with van der Waals surface area (Å²) in [6, 6.07) is 13.0. The van der Waals surface area contributed by atoms with Crippen molar-refractivity contribution in [1.82, 2.24) is 9.47 Å². The number of fused-ring (bicyclic) bond motifs is 4. The van der Waals surface area contributed by atoms with Crippen LogP contribution in [0.1, 0.15) is 30.5 Å². The van der Waals surface area contributed by atoms with E-state index in [0.717, 1.165) is 23.4 Å². The Morgan fingerprint density at radius 1 is 1.12 bits per heavy atom. The minimum Gasteiger partial charge on any atom is -0.324 e. The standard InChI is InChI=1S/C21H23N3O2/c1-2-6-16-9-10-19(25)24-13-15-11-17(20(16)24)14-23(12-15)21(26)22-18-7-4-3-5-8-18/h2-10,15,17H,11-14H2,1H3,(H,22,26)/t15-,17-/m0/s1. The topological polar surface area (TPSA) is 54.3 Å². The van der Waals surface area contributed by atoms with Gasteiger partial charge in [-0.1, -0.05) is 30.4 Å². The molecule has 0 unspecified atom stereocenters. The first-order chi connectivity index (χ1) is 12.7. The van der Waals surface area contributed by atoms with Crippen molar-refractivity contribution in [3.8, 4) is 0 Å². The molecule has 1 N–H and O–H groups in total. The molecule has 1 aromatic heterocycles. The Kier molecular flexibility index (Phi) is 4.37. The van der Waals surface area contributed by atoms with Crippen LogP contribution >= 0.6 is 0 Å². The Morgan fingerprint density at radius 2 is 1.92 bits per heavy atom. The van der Waals surface area contributed by atoms with Gasteiger partial charge in [0.15, 0.2) is 0 Å². The molecule has 0 saturated carbocycles. The van der Waals surface area contributed by atoms with Gasteiger partial charge in [0.1, 0.15) is 0 Å². The largest absolute Gasteiger partial charge is 0.324 e. The number of aromatic nitrogens is 1. The minimum absolute atomic E-state index is 0.0603. The summed E-state index contributed by atoms with van der Waals surface area (Å²) in [5, 5.41) is 2.98. The molecule has 2 aliphatic heterocycles. The first-order valence-corrected chi connectivity index (χ1v) is 9.13. The Morgan fingerprint density at radius 3 is 2.69 bits per heavy atom. The summed E-state index contributed by atoms with van der Waals surface area (Å²) in [4.78, 5) is 27.0. The maximum atomic E-state index is 12.7. The van der Waals surface area contributed by atoms with Crippen LogP contribution < -0.4 is 10.9 Å². The van der Waals surface area contributed by atoms with Crippen LogP contribution in [0.3, 0.4) is 0 Å². The van der Waals surface area contributed by atoms with Crippen molar-refractivity contribution in [2.24, 2.45) is 5.92 Å². The highest BCUT2D eigenvalue weighted by atomic mass is 16.2. The Labute approximate surface area is 152 Å². The molecule has 2 aromatic rings. The highest BCUT2D eigenvalue weighted by molar-refractivity contribution is 5.89. The number of hydrogen-bond donors (Lipinski definition) is 1. The number of rotatable bonds is 2. The average Bonchev–Trinajstić information content (AvgIpc) is 2.65. The molecule has 1 aromatic carbocycles. The number of benzene rings is 1. The van der Waals surface area contributed by atoms with Crippen molar-refractivity contribution in [2.75, 3.05) is 18.4 Å². The van der Waals surface area contributed by atoms with E-state index in [4.69, 9.17) is 0 Å². The van der Waals surface area contributed by atoms with Crippen molar-refractivity contribution in [3.63, 3.8) is 0 Å². The van der Waals surface area contributed by atoms with Gasteiger partial charge in [-0.15, -0.1) is 0 Å². The van der Waals surface area contributed by atoms with Gasteiger partial charge in [-0.2, -0.15) is 0 Å². The lowest BCUT2D eigenvalue weighted by molar-refractivity contribution is 0.139. The van der Waals surface area contributed by atoms with E-state index < -0.39 is 0 Å². The molecule has 2 atom stereocenters. The third-order valence-electron chi connectivity index (χ3n) is 5.28. The van der Waals surface area contributed by atoms with E-state index in [1.54, 1.807) is 6.07 Å². The molecular weight excluding hydrogens is 326 g/mol. The molecule has 2 amide bonds. The van der Waals surface area contributed by atoms with Crippen LogP contribution in [0.5, 0.6) is 0 Å². The van der Waals surface area contributed by atoms with Crippen LogP contribution in [-0.4, -0.2) is 28.6 Å². The second kappa shape index (κ2) is 6.83. The second-order valence-corrected chi connectivity index (χ2v) is 7.12. The summed E-state index contributed by atoms with van der Waals surface area (Å²) in [7, 11) is 0. The van der Waals surface area contributed by atoms with Gasteiger partial charge in [0.25, 0.3) is 5.56 Å². The summed E-state index contributed by atoms with van der Waals surface area (Å²) in [5.74, 6) is 0.519. The van der Waals surface area contributed by atoms with Gasteiger partial charge in [-0.05, 0) is 43.0 Å². The maximum Gasteiger partial charge on any atom is 0.321 e. The average molecular weight is 349 g/mol. The Bertz CT molecular complexity index is 901. The zero-order valence-electron chi connectivity index (χ0n) is 14.9. The lowest BCUT2D eigenvalue weighted by atomic mass is 9.81. The number of piperidine rings is 1. The quantitative estimate of drug-likeness (QED) is 0.902. The number of nitrogens with one attached hydrogen (secondary N) is 1. The number of amides is 2. The SMILES string of the molecule is CC=Cc1ccc(=O)n2c1[C@H]1C[C@@H](CN(C(=O)Nc3ccccc3)C1)C2. The zero-order valence-corrected chi connectivity index (χ0v) is 14.9. The molecule has 1 saturated heterocycles. The van der Waals surface area contributed by atoms with Gasteiger partial charge in [0.2, 0.25) is 0 Å². The third kappa shape index (κ3) is 3.05. The maximum absolute atomic E-state index is 12.7. The number of para-hydroxylation sites is 1. The van der Waals surface area contributed by atoms with Gasteiger partial charge in [-0.25, -0.2) is 4.79 Å². The van der Waals surface area contributed by atoms with E-state index >= 15 is 0 Å². The Balaban J connectivity index is 1.61. The predicted molar refractivity (Wildman–Crippen MR) is 103 cm³/mol. The van der Waals surface area contributed by atoms with Crippen molar-refractivity contribution in [2.45, 2.75) is 25.8 Å². The molecule has 3 heterocycles. The van der Waals surface area contributed by atoms with Gasteiger partial charge in [0, 0.05) is 43.0 Å². The van der Waals surface area contributed by atoms with E-state index in [-0.39, 0.29) is 17.5 Å².